The lowest BCUT2D eigenvalue weighted by Gasteiger charge is -2.15. The summed E-state index contributed by atoms with van der Waals surface area (Å²) >= 11 is 0. The maximum absolute atomic E-state index is 13.0. The van der Waals surface area contributed by atoms with Gasteiger partial charge in [-0.3, -0.25) is 4.79 Å². The van der Waals surface area contributed by atoms with E-state index in [9.17, 15) is 9.90 Å². The standard InChI is InChI=1S/C20H17NO3/c1-3-12(2)20-18(14-6-4-13(11-21)5-7-14)19(23)16-9-8-15(22)10-17(16)24-20/h4-10,12,22H,3H2,1-2H3. The molecule has 24 heavy (non-hydrogen) atoms. The Labute approximate surface area is 139 Å². The molecule has 0 radical (unpaired) electrons. The summed E-state index contributed by atoms with van der Waals surface area (Å²) in [5.74, 6) is 0.715. The molecule has 1 N–H and O–H groups in total. The molecule has 0 bridgehead atoms. The van der Waals surface area contributed by atoms with Crippen molar-refractivity contribution < 1.29 is 9.52 Å². The summed E-state index contributed by atoms with van der Waals surface area (Å²) in [4.78, 5) is 13.0. The van der Waals surface area contributed by atoms with Crippen molar-refractivity contribution in [2.45, 2.75) is 26.2 Å². The number of benzene rings is 2. The highest BCUT2D eigenvalue weighted by Gasteiger charge is 2.20. The van der Waals surface area contributed by atoms with Gasteiger partial charge in [0.05, 0.1) is 22.6 Å². The lowest BCUT2D eigenvalue weighted by atomic mass is 9.94. The van der Waals surface area contributed by atoms with Crippen LogP contribution in [-0.2, 0) is 0 Å². The van der Waals surface area contributed by atoms with Crippen LogP contribution in [0.5, 0.6) is 5.75 Å². The van der Waals surface area contributed by atoms with Crippen LogP contribution >= 0.6 is 0 Å². The number of phenolic OH excluding ortho intramolecular Hbond substituents is 1. The Hall–Kier alpha value is -3.06. The molecule has 0 saturated carbocycles. The van der Waals surface area contributed by atoms with Gasteiger partial charge in [0.2, 0.25) is 5.43 Å². The van der Waals surface area contributed by atoms with Crippen LogP contribution in [0.25, 0.3) is 22.1 Å². The fourth-order valence-corrected chi connectivity index (χ4v) is 2.72. The van der Waals surface area contributed by atoms with Gasteiger partial charge in [0, 0.05) is 12.0 Å². The second-order valence-electron chi connectivity index (χ2n) is 5.85. The molecule has 3 rings (SSSR count). The fourth-order valence-electron chi connectivity index (χ4n) is 2.72. The smallest absolute Gasteiger partial charge is 0.200 e. The Morgan fingerprint density at radius 1 is 1.21 bits per heavy atom. The van der Waals surface area contributed by atoms with E-state index in [0.717, 1.165) is 12.0 Å². The topological polar surface area (TPSA) is 74.2 Å². The van der Waals surface area contributed by atoms with E-state index in [4.69, 9.17) is 9.68 Å². The van der Waals surface area contributed by atoms with Crippen molar-refractivity contribution >= 4 is 11.0 Å². The van der Waals surface area contributed by atoms with E-state index in [2.05, 4.69) is 6.07 Å². The van der Waals surface area contributed by atoms with Gasteiger partial charge in [0.25, 0.3) is 0 Å². The van der Waals surface area contributed by atoms with Crippen LogP contribution in [0.1, 0.15) is 37.5 Å². The Bertz CT molecular complexity index is 994. The SMILES string of the molecule is CCC(C)c1oc2cc(O)ccc2c(=O)c1-c1ccc(C#N)cc1. The van der Waals surface area contributed by atoms with Gasteiger partial charge in [-0.15, -0.1) is 0 Å². The molecule has 1 unspecified atom stereocenters. The first-order valence-electron chi connectivity index (χ1n) is 7.85. The van der Waals surface area contributed by atoms with Crippen LogP contribution in [0.3, 0.4) is 0 Å². The largest absolute Gasteiger partial charge is 0.508 e. The average molecular weight is 319 g/mol. The van der Waals surface area contributed by atoms with E-state index >= 15 is 0 Å². The molecular formula is C20H17NO3. The first-order chi connectivity index (χ1) is 11.5. The van der Waals surface area contributed by atoms with E-state index in [1.165, 1.54) is 12.1 Å². The second kappa shape index (κ2) is 6.21. The molecule has 0 aliphatic carbocycles. The van der Waals surface area contributed by atoms with Crippen LogP contribution in [0, 0.1) is 11.3 Å². The number of aromatic hydroxyl groups is 1. The number of rotatable bonds is 3. The maximum Gasteiger partial charge on any atom is 0.200 e. The molecule has 0 aliphatic heterocycles. The summed E-state index contributed by atoms with van der Waals surface area (Å²) in [6.07, 6.45) is 0.816. The molecule has 4 nitrogen and oxygen atoms in total. The van der Waals surface area contributed by atoms with Crippen molar-refractivity contribution in [2.24, 2.45) is 0 Å². The Morgan fingerprint density at radius 3 is 2.54 bits per heavy atom. The van der Waals surface area contributed by atoms with Gasteiger partial charge in [-0.25, -0.2) is 0 Å². The zero-order valence-electron chi connectivity index (χ0n) is 13.5. The number of nitrogens with zero attached hydrogens (tertiary/aromatic N) is 1. The number of hydrogen-bond donors (Lipinski definition) is 1. The third-order valence-electron chi connectivity index (χ3n) is 4.27. The van der Waals surface area contributed by atoms with Crippen molar-refractivity contribution in [3.63, 3.8) is 0 Å². The highest BCUT2D eigenvalue weighted by molar-refractivity contribution is 5.84. The molecule has 0 fully saturated rings. The van der Waals surface area contributed by atoms with Gasteiger partial charge >= 0.3 is 0 Å². The molecule has 1 aromatic heterocycles. The lowest BCUT2D eigenvalue weighted by Crippen LogP contribution is -2.10. The van der Waals surface area contributed by atoms with E-state index in [1.54, 1.807) is 30.3 Å². The average Bonchev–Trinajstić information content (AvgIpc) is 2.60. The minimum absolute atomic E-state index is 0.0510. The van der Waals surface area contributed by atoms with Crippen molar-refractivity contribution in [1.29, 1.82) is 5.26 Å². The number of nitriles is 1. The molecule has 1 heterocycles. The van der Waals surface area contributed by atoms with Gasteiger partial charge in [0.15, 0.2) is 0 Å². The first-order valence-corrected chi connectivity index (χ1v) is 7.85. The second-order valence-corrected chi connectivity index (χ2v) is 5.85. The fraction of sp³-hybridized carbons (Fsp3) is 0.200. The quantitative estimate of drug-likeness (QED) is 0.768. The summed E-state index contributed by atoms with van der Waals surface area (Å²) in [5.41, 5.74) is 2.04. The predicted molar refractivity (Wildman–Crippen MR) is 93.0 cm³/mol. The Balaban J connectivity index is 2.35. The molecule has 0 saturated heterocycles. The third-order valence-corrected chi connectivity index (χ3v) is 4.27. The predicted octanol–water partition coefficient (Wildman–Crippen LogP) is 4.55. The summed E-state index contributed by atoms with van der Waals surface area (Å²) in [7, 11) is 0. The van der Waals surface area contributed by atoms with E-state index < -0.39 is 0 Å². The van der Waals surface area contributed by atoms with E-state index in [0.29, 0.717) is 27.9 Å². The molecule has 0 amide bonds. The summed E-state index contributed by atoms with van der Waals surface area (Å²) < 4.78 is 5.99. The van der Waals surface area contributed by atoms with Crippen molar-refractivity contribution in [3.8, 4) is 22.9 Å². The van der Waals surface area contributed by atoms with Crippen LogP contribution in [0.2, 0.25) is 0 Å². The monoisotopic (exact) mass is 319 g/mol. The molecule has 3 aromatic rings. The van der Waals surface area contributed by atoms with Crippen molar-refractivity contribution in [2.75, 3.05) is 0 Å². The third kappa shape index (κ3) is 2.65. The van der Waals surface area contributed by atoms with Crippen LogP contribution < -0.4 is 5.43 Å². The summed E-state index contributed by atoms with van der Waals surface area (Å²) in [5, 5.41) is 19.0. The highest BCUT2D eigenvalue weighted by atomic mass is 16.3. The Kier molecular flexibility index (Phi) is 4.09. The Morgan fingerprint density at radius 2 is 1.92 bits per heavy atom. The molecule has 120 valence electrons. The zero-order valence-corrected chi connectivity index (χ0v) is 13.5. The molecular weight excluding hydrogens is 302 g/mol. The minimum Gasteiger partial charge on any atom is -0.508 e. The molecule has 1 atom stereocenters. The van der Waals surface area contributed by atoms with Gasteiger partial charge < -0.3 is 9.52 Å². The number of hydrogen-bond acceptors (Lipinski definition) is 4. The van der Waals surface area contributed by atoms with Crippen LogP contribution in [-0.4, -0.2) is 5.11 Å². The van der Waals surface area contributed by atoms with Gasteiger partial charge in [-0.05, 0) is 36.2 Å². The first kappa shape index (κ1) is 15.8. The number of fused-ring (bicyclic) bond motifs is 1. The molecule has 2 aromatic carbocycles. The van der Waals surface area contributed by atoms with Gasteiger partial charge in [-0.2, -0.15) is 5.26 Å². The van der Waals surface area contributed by atoms with Crippen molar-refractivity contribution in [3.05, 3.63) is 64.0 Å². The van der Waals surface area contributed by atoms with Crippen LogP contribution in [0.4, 0.5) is 0 Å². The van der Waals surface area contributed by atoms with Crippen LogP contribution in [0.15, 0.2) is 51.7 Å². The molecule has 0 aliphatic rings. The molecule has 0 spiro atoms. The van der Waals surface area contributed by atoms with E-state index in [-0.39, 0.29) is 17.1 Å². The van der Waals surface area contributed by atoms with Crippen molar-refractivity contribution in [1.82, 2.24) is 0 Å². The number of phenols is 1. The zero-order chi connectivity index (χ0) is 17.3. The van der Waals surface area contributed by atoms with E-state index in [1.807, 2.05) is 13.8 Å². The van der Waals surface area contributed by atoms with Gasteiger partial charge in [-0.1, -0.05) is 26.0 Å². The minimum atomic E-state index is -0.128. The summed E-state index contributed by atoms with van der Waals surface area (Å²) in [6.45, 7) is 4.03. The molecule has 4 heteroatoms. The highest BCUT2D eigenvalue weighted by Crippen LogP contribution is 2.32. The lowest BCUT2D eigenvalue weighted by molar-refractivity contribution is 0.467. The van der Waals surface area contributed by atoms with Gasteiger partial charge in [0.1, 0.15) is 17.1 Å². The normalized spacial score (nSPS) is 12.0. The maximum atomic E-state index is 13.0. The summed E-state index contributed by atoms with van der Waals surface area (Å²) in [6, 6.07) is 13.5.